The van der Waals surface area contributed by atoms with Crippen molar-refractivity contribution in [2.75, 3.05) is 32.8 Å². The minimum atomic E-state index is -1.11. The van der Waals surface area contributed by atoms with E-state index in [2.05, 4.69) is 10.3 Å². The fourth-order valence-corrected chi connectivity index (χ4v) is 5.19. The molecule has 1 aromatic heterocycles. The summed E-state index contributed by atoms with van der Waals surface area (Å²) in [5.41, 5.74) is 4.13. The molecule has 0 spiro atoms. The third-order valence-electron chi connectivity index (χ3n) is 7.65. The molecule has 0 unspecified atom stereocenters. The van der Waals surface area contributed by atoms with Gasteiger partial charge < -0.3 is 25.0 Å². The summed E-state index contributed by atoms with van der Waals surface area (Å²) >= 11 is 0. The number of piperazine rings is 1. The zero-order valence-corrected chi connectivity index (χ0v) is 25.5. The largest absolute Gasteiger partial charge is 0.481 e. The van der Waals surface area contributed by atoms with Crippen LogP contribution in [-0.2, 0) is 14.3 Å². The standard InChI is InChI=1S/C35H35N5O6/c1-2-46-35(45)40-21-19-39(20-22-40)34(44)28(17-18-31(41)42)38-33(43)30-23-29(36-32(37-30)27-11-7-4-8-12-27)26-15-13-25(14-16-26)24-9-5-3-6-10-24/h3-16,23,28H,2,17-22H2,1H3,(H,38,43)(H,41,42)/t28-/m0/s1. The summed E-state index contributed by atoms with van der Waals surface area (Å²) in [5.74, 6) is -1.81. The number of ether oxygens (including phenoxy) is 1. The Balaban J connectivity index is 1.40. The average molecular weight is 622 g/mol. The fourth-order valence-electron chi connectivity index (χ4n) is 5.19. The third-order valence-corrected chi connectivity index (χ3v) is 7.65. The number of rotatable bonds is 10. The minimum Gasteiger partial charge on any atom is -0.481 e. The Hall–Kier alpha value is -5.58. The van der Waals surface area contributed by atoms with Crippen molar-refractivity contribution in [3.05, 3.63) is 96.7 Å². The quantitative estimate of drug-likeness (QED) is 0.259. The second-order valence-electron chi connectivity index (χ2n) is 10.7. The van der Waals surface area contributed by atoms with E-state index in [9.17, 15) is 24.3 Å². The highest BCUT2D eigenvalue weighted by molar-refractivity contribution is 5.97. The number of nitrogens with zero attached hydrogens (tertiary/aromatic N) is 4. The van der Waals surface area contributed by atoms with Crippen molar-refractivity contribution >= 4 is 23.9 Å². The van der Waals surface area contributed by atoms with Gasteiger partial charge in [0.25, 0.3) is 5.91 Å². The van der Waals surface area contributed by atoms with Crippen molar-refractivity contribution in [2.45, 2.75) is 25.8 Å². The Bertz CT molecular complexity index is 1670. The van der Waals surface area contributed by atoms with Gasteiger partial charge in [0.15, 0.2) is 5.82 Å². The molecule has 0 saturated carbocycles. The molecular formula is C35H35N5O6. The average Bonchev–Trinajstić information content (AvgIpc) is 3.10. The fraction of sp³-hybridized carbons (Fsp3) is 0.257. The number of carboxylic acids is 1. The van der Waals surface area contributed by atoms with Crippen molar-refractivity contribution < 1.29 is 29.0 Å². The normalized spacial score (nSPS) is 13.5. The number of carbonyl (C=O) groups excluding carboxylic acids is 3. The van der Waals surface area contributed by atoms with Gasteiger partial charge in [0, 0.05) is 43.7 Å². The Kier molecular flexibility index (Phi) is 10.3. The van der Waals surface area contributed by atoms with Gasteiger partial charge >= 0.3 is 12.1 Å². The molecular weight excluding hydrogens is 586 g/mol. The first-order chi connectivity index (χ1) is 22.3. The van der Waals surface area contributed by atoms with E-state index in [4.69, 9.17) is 9.72 Å². The van der Waals surface area contributed by atoms with Gasteiger partial charge in [0.1, 0.15) is 11.7 Å². The van der Waals surface area contributed by atoms with Crippen molar-refractivity contribution in [1.82, 2.24) is 25.1 Å². The van der Waals surface area contributed by atoms with E-state index < -0.39 is 29.9 Å². The van der Waals surface area contributed by atoms with Crippen LogP contribution < -0.4 is 5.32 Å². The van der Waals surface area contributed by atoms with E-state index in [-0.39, 0.29) is 51.3 Å². The summed E-state index contributed by atoms with van der Waals surface area (Å²) < 4.78 is 5.05. The highest BCUT2D eigenvalue weighted by Crippen LogP contribution is 2.26. The summed E-state index contributed by atoms with van der Waals surface area (Å²) in [6.45, 7) is 2.96. The third kappa shape index (κ3) is 7.92. The molecule has 3 amide bonds. The topological polar surface area (TPSA) is 142 Å². The number of amides is 3. The van der Waals surface area contributed by atoms with Crippen LogP contribution in [0, 0.1) is 0 Å². The summed E-state index contributed by atoms with van der Waals surface area (Å²) in [6, 6.07) is 27.5. The number of aromatic nitrogens is 2. The molecule has 1 aliphatic heterocycles. The van der Waals surface area contributed by atoms with Gasteiger partial charge in [-0.25, -0.2) is 14.8 Å². The number of carboxylic acid groups (broad SMARTS) is 1. The van der Waals surface area contributed by atoms with E-state index in [1.165, 1.54) is 9.80 Å². The smallest absolute Gasteiger partial charge is 0.409 e. The maximum atomic E-state index is 13.7. The van der Waals surface area contributed by atoms with Crippen LogP contribution in [0.3, 0.4) is 0 Å². The summed E-state index contributed by atoms with van der Waals surface area (Å²) in [6.07, 6.45) is -0.881. The monoisotopic (exact) mass is 621 g/mol. The Morgan fingerprint density at radius 2 is 1.35 bits per heavy atom. The van der Waals surface area contributed by atoms with Crippen molar-refractivity contribution in [3.63, 3.8) is 0 Å². The molecule has 1 aliphatic rings. The number of nitrogens with one attached hydrogen (secondary N) is 1. The number of hydrogen-bond donors (Lipinski definition) is 2. The summed E-state index contributed by atoms with van der Waals surface area (Å²) in [4.78, 5) is 63.1. The predicted octanol–water partition coefficient (Wildman–Crippen LogP) is 4.74. The van der Waals surface area contributed by atoms with Gasteiger partial charge in [0.05, 0.1) is 12.3 Å². The first-order valence-electron chi connectivity index (χ1n) is 15.2. The Morgan fingerprint density at radius 3 is 1.96 bits per heavy atom. The molecule has 4 aromatic rings. The molecule has 236 valence electrons. The number of hydrogen-bond acceptors (Lipinski definition) is 7. The lowest BCUT2D eigenvalue weighted by Crippen LogP contribution is -2.56. The molecule has 3 aromatic carbocycles. The lowest BCUT2D eigenvalue weighted by molar-refractivity contribution is -0.138. The van der Waals surface area contributed by atoms with Gasteiger partial charge in [-0.2, -0.15) is 0 Å². The zero-order valence-electron chi connectivity index (χ0n) is 25.5. The highest BCUT2D eigenvalue weighted by atomic mass is 16.6. The molecule has 0 bridgehead atoms. The molecule has 1 fully saturated rings. The van der Waals surface area contributed by atoms with Crippen LogP contribution in [0.15, 0.2) is 91.0 Å². The second-order valence-corrected chi connectivity index (χ2v) is 10.7. The zero-order chi connectivity index (χ0) is 32.5. The molecule has 11 nitrogen and oxygen atoms in total. The summed E-state index contributed by atoms with van der Waals surface area (Å²) in [5, 5.41) is 12.1. The van der Waals surface area contributed by atoms with E-state index in [1.54, 1.807) is 13.0 Å². The molecule has 0 radical (unpaired) electrons. The molecule has 2 heterocycles. The van der Waals surface area contributed by atoms with Gasteiger partial charge in [-0.3, -0.25) is 14.4 Å². The van der Waals surface area contributed by atoms with Gasteiger partial charge in [-0.1, -0.05) is 84.9 Å². The lowest BCUT2D eigenvalue weighted by atomic mass is 10.0. The van der Waals surface area contributed by atoms with Crippen LogP contribution in [0.4, 0.5) is 4.79 Å². The van der Waals surface area contributed by atoms with Crippen LogP contribution in [0.2, 0.25) is 0 Å². The van der Waals surface area contributed by atoms with E-state index in [0.29, 0.717) is 17.1 Å². The van der Waals surface area contributed by atoms with Crippen molar-refractivity contribution in [1.29, 1.82) is 0 Å². The molecule has 46 heavy (non-hydrogen) atoms. The van der Waals surface area contributed by atoms with Crippen LogP contribution in [0.1, 0.15) is 30.3 Å². The van der Waals surface area contributed by atoms with E-state index in [0.717, 1.165) is 16.7 Å². The minimum absolute atomic E-state index is 0.0382. The lowest BCUT2D eigenvalue weighted by Gasteiger charge is -2.35. The van der Waals surface area contributed by atoms with E-state index in [1.807, 2.05) is 84.9 Å². The number of aliphatic carboxylic acids is 1. The maximum absolute atomic E-state index is 13.7. The second kappa shape index (κ2) is 14.9. The SMILES string of the molecule is CCOC(=O)N1CCN(C(=O)[C@H](CCC(=O)O)NC(=O)c2cc(-c3ccc(-c4ccccc4)cc3)nc(-c3ccccc3)n2)CC1. The Labute approximate surface area is 266 Å². The molecule has 2 N–H and O–H groups in total. The van der Waals surface area contributed by atoms with Crippen LogP contribution in [0.25, 0.3) is 33.8 Å². The van der Waals surface area contributed by atoms with Crippen molar-refractivity contribution in [3.8, 4) is 33.8 Å². The maximum Gasteiger partial charge on any atom is 0.409 e. The first kappa shape index (κ1) is 31.8. The predicted molar refractivity (Wildman–Crippen MR) is 172 cm³/mol. The molecule has 1 atom stereocenters. The molecule has 5 rings (SSSR count). The van der Waals surface area contributed by atoms with Gasteiger partial charge in [-0.05, 0) is 30.5 Å². The van der Waals surface area contributed by atoms with Crippen LogP contribution >= 0.6 is 0 Å². The summed E-state index contributed by atoms with van der Waals surface area (Å²) in [7, 11) is 0. The van der Waals surface area contributed by atoms with Crippen LogP contribution in [0.5, 0.6) is 0 Å². The Morgan fingerprint density at radius 1 is 0.783 bits per heavy atom. The molecule has 0 aliphatic carbocycles. The van der Waals surface area contributed by atoms with Crippen molar-refractivity contribution in [2.24, 2.45) is 0 Å². The van der Waals surface area contributed by atoms with E-state index >= 15 is 0 Å². The van der Waals surface area contributed by atoms with Crippen LogP contribution in [-0.4, -0.2) is 87.6 Å². The highest BCUT2D eigenvalue weighted by Gasteiger charge is 2.31. The van der Waals surface area contributed by atoms with Gasteiger partial charge in [-0.15, -0.1) is 0 Å². The molecule has 1 saturated heterocycles. The molecule has 11 heteroatoms. The number of carbonyl (C=O) groups is 4. The first-order valence-corrected chi connectivity index (χ1v) is 15.2. The number of benzene rings is 3. The van der Waals surface area contributed by atoms with Gasteiger partial charge in [0.2, 0.25) is 5.91 Å².